The summed E-state index contributed by atoms with van der Waals surface area (Å²) in [5, 5.41) is 9.44. The van der Waals surface area contributed by atoms with Crippen molar-refractivity contribution in [3.8, 4) is 11.1 Å². The van der Waals surface area contributed by atoms with E-state index in [1.807, 2.05) is 30.3 Å². The maximum absolute atomic E-state index is 13.0. The number of hydrogen-bond acceptors (Lipinski definition) is 4. The molecule has 1 heterocycles. The molecule has 0 spiro atoms. The van der Waals surface area contributed by atoms with Gasteiger partial charge in [-0.25, -0.2) is 4.79 Å². The Hall–Kier alpha value is -3.64. The molecular weight excluding hydrogens is 450 g/mol. The quantitative estimate of drug-likeness (QED) is 0.503. The van der Waals surface area contributed by atoms with E-state index in [-0.39, 0.29) is 36.6 Å². The molecule has 1 aliphatic heterocycles. The second-order valence-corrected chi connectivity index (χ2v) is 10.0. The highest BCUT2D eigenvalue weighted by atomic mass is 16.5. The zero-order chi connectivity index (χ0) is 24.5. The SMILES string of the molecule is O=C(NC1CNC(C(=O)NC2CCCc3ccccc32)C1)OCC1c2ccccc2-c2ccccc21. The average molecular weight is 482 g/mol. The van der Waals surface area contributed by atoms with Gasteiger partial charge in [0, 0.05) is 18.5 Å². The molecule has 3 unspecified atom stereocenters. The molecule has 1 fully saturated rings. The van der Waals surface area contributed by atoms with Gasteiger partial charge in [-0.05, 0) is 59.1 Å². The summed E-state index contributed by atoms with van der Waals surface area (Å²) in [4.78, 5) is 25.6. The van der Waals surface area contributed by atoms with Crippen molar-refractivity contribution in [1.29, 1.82) is 0 Å². The molecule has 0 aromatic heterocycles. The summed E-state index contributed by atoms with van der Waals surface area (Å²) >= 11 is 0. The number of amides is 2. The predicted octanol–water partition coefficient (Wildman–Crippen LogP) is 4.45. The number of benzene rings is 3. The molecule has 36 heavy (non-hydrogen) atoms. The van der Waals surface area contributed by atoms with Crippen LogP contribution in [0.4, 0.5) is 4.79 Å². The Labute approximate surface area is 211 Å². The van der Waals surface area contributed by atoms with Crippen LogP contribution in [0.25, 0.3) is 11.1 Å². The van der Waals surface area contributed by atoms with E-state index in [0.29, 0.717) is 13.0 Å². The molecule has 184 valence electrons. The van der Waals surface area contributed by atoms with Gasteiger partial charge in [-0.3, -0.25) is 4.79 Å². The molecular formula is C30H31N3O3. The van der Waals surface area contributed by atoms with Gasteiger partial charge in [0.1, 0.15) is 6.61 Å². The van der Waals surface area contributed by atoms with Crippen LogP contribution in [-0.4, -0.2) is 37.2 Å². The Bertz CT molecular complexity index is 1240. The molecule has 3 atom stereocenters. The van der Waals surface area contributed by atoms with Gasteiger partial charge in [-0.15, -0.1) is 0 Å². The van der Waals surface area contributed by atoms with Crippen LogP contribution >= 0.6 is 0 Å². The highest BCUT2D eigenvalue weighted by Crippen LogP contribution is 2.44. The highest BCUT2D eigenvalue weighted by molar-refractivity contribution is 5.83. The lowest BCUT2D eigenvalue weighted by molar-refractivity contribution is -0.123. The zero-order valence-electron chi connectivity index (χ0n) is 20.2. The number of carbonyl (C=O) groups excluding carboxylic acids is 2. The minimum atomic E-state index is -0.439. The number of rotatable bonds is 5. The first kappa shape index (κ1) is 22.8. The van der Waals surface area contributed by atoms with Gasteiger partial charge in [0.05, 0.1) is 12.1 Å². The van der Waals surface area contributed by atoms with E-state index in [1.54, 1.807) is 0 Å². The van der Waals surface area contributed by atoms with Crippen LogP contribution in [-0.2, 0) is 16.0 Å². The van der Waals surface area contributed by atoms with Crippen molar-refractivity contribution in [3.63, 3.8) is 0 Å². The summed E-state index contributed by atoms with van der Waals surface area (Å²) in [7, 11) is 0. The molecule has 3 aromatic rings. The molecule has 3 aliphatic rings. The molecule has 2 amide bonds. The largest absolute Gasteiger partial charge is 0.449 e. The third-order valence-corrected chi connectivity index (χ3v) is 7.80. The number of aryl methyl sites for hydroxylation is 1. The number of ether oxygens (including phenoxy) is 1. The molecule has 2 aliphatic carbocycles. The maximum atomic E-state index is 13.0. The van der Waals surface area contributed by atoms with Crippen LogP contribution in [0, 0.1) is 0 Å². The van der Waals surface area contributed by atoms with Crippen molar-refractivity contribution in [2.75, 3.05) is 13.2 Å². The standard InChI is InChI=1S/C30H31N3O3/c34-29(33-27-15-7-9-19-8-1-2-10-21(19)27)28-16-20(17-31-28)32-30(35)36-18-26-24-13-5-3-11-22(24)23-12-4-6-14-25(23)26/h1-6,8,10-14,20,26-28,31H,7,9,15-18H2,(H,32,35)(H,33,34). The molecule has 0 saturated carbocycles. The van der Waals surface area contributed by atoms with E-state index < -0.39 is 6.09 Å². The van der Waals surface area contributed by atoms with Crippen LogP contribution in [0.15, 0.2) is 72.8 Å². The van der Waals surface area contributed by atoms with Gasteiger partial charge in [-0.1, -0.05) is 72.8 Å². The Kier molecular flexibility index (Phi) is 6.20. The average Bonchev–Trinajstić information content (AvgIpc) is 3.50. The van der Waals surface area contributed by atoms with E-state index in [2.05, 4.69) is 58.4 Å². The lowest BCUT2D eigenvalue weighted by Crippen LogP contribution is -2.42. The van der Waals surface area contributed by atoms with E-state index in [9.17, 15) is 9.59 Å². The van der Waals surface area contributed by atoms with Crippen LogP contribution < -0.4 is 16.0 Å². The maximum Gasteiger partial charge on any atom is 0.407 e. The van der Waals surface area contributed by atoms with E-state index in [4.69, 9.17) is 4.74 Å². The normalized spacial score (nSPS) is 22.3. The summed E-state index contributed by atoms with van der Waals surface area (Å²) < 4.78 is 5.68. The Morgan fingerprint density at radius 2 is 1.53 bits per heavy atom. The first-order valence-corrected chi connectivity index (χ1v) is 12.9. The number of carbonyl (C=O) groups is 2. The van der Waals surface area contributed by atoms with Gasteiger partial charge < -0.3 is 20.7 Å². The summed E-state index contributed by atoms with van der Waals surface area (Å²) in [6.45, 7) is 0.828. The first-order chi connectivity index (χ1) is 17.7. The third-order valence-electron chi connectivity index (χ3n) is 7.80. The lowest BCUT2D eigenvalue weighted by Gasteiger charge is -2.27. The Balaban J connectivity index is 1.02. The molecule has 3 N–H and O–H groups in total. The van der Waals surface area contributed by atoms with Gasteiger partial charge in [0.2, 0.25) is 5.91 Å². The fourth-order valence-electron chi connectivity index (χ4n) is 6.03. The minimum Gasteiger partial charge on any atom is -0.449 e. The minimum absolute atomic E-state index is 0.00598. The van der Waals surface area contributed by atoms with Gasteiger partial charge in [0.25, 0.3) is 0 Å². The molecule has 1 saturated heterocycles. The summed E-state index contributed by atoms with van der Waals surface area (Å²) in [5.74, 6) is 0.0234. The summed E-state index contributed by atoms with van der Waals surface area (Å²) in [6, 6.07) is 24.5. The van der Waals surface area contributed by atoms with Crippen LogP contribution in [0.5, 0.6) is 0 Å². The molecule has 6 nitrogen and oxygen atoms in total. The second kappa shape index (κ2) is 9.78. The predicted molar refractivity (Wildman–Crippen MR) is 139 cm³/mol. The smallest absolute Gasteiger partial charge is 0.407 e. The van der Waals surface area contributed by atoms with Crippen LogP contribution in [0.2, 0.25) is 0 Å². The Morgan fingerprint density at radius 3 is 2.28 bits per heavy atom. The molecule has 0 radical (unpaired) electrons. The summed E-state index contributed by atoms with van der Waals surface area (Å²) in [5.41, 5.74) is 7.34. The number of alkyl carbamates (subject to hydrolysis) is 1. The molecule has 6 heteroatoms. The van der Waals surface area contributed by atoms with Gasteiger partial charge in [-0.2, -0.15) is 0 Å². The third kappa shape index (κ3) is 4.37. The van der Waals surface area contributed by atoms with E-state index in [1.165, 1.54) is 33.4 Å². The number of fused-ring (bicyclic) bond motifs is 4. The topological polar surface area (TPSA) is 79.5 Å². The fourth-order valence-corrected chi connectivity index (χ4v) is 6.03. The highest BCUT2D eigenvalue weighted by Gasteiger charge is 2.33. The molecule has 0 bridgehead atoms. The lowest BCUT2D eigenvalue weighted by atomic mass is 9.87. The van der Waals surface area contributed by atoms with Crippen molar-refractivity contribution in [1.82, 2.24) is 16.0 Å². The second-order valence-electron chi connectivity index (χ2n) is 10.0. The van der Waals surface area contributed by atoms with E-state index >= 15 is 0 Å². The number of nitrogens with one attached hydrogen (secondary N) is 3. The first-order valence-electron chi connectivity index (χ1n) is 12.9. The van der Waals surface area contributed by atoms with Gasteiger partial charge in [0.15, 0.2) is 0 Å². The van der Waals surface area contributed by atoms with E-state index in [0.717, 1.165) is 19.3 Å². The van der Waals surface area contributed by atoms with Crippen molar-refractivity contribution in [2.45, 2.75) is 49.7 Å². The van der Waals surface area contributed by atoms with Gasteiger partial charge >= 0.3 is 6.09 Å². The van der Waals surface area contributed by atoms with Crippen molar-refractivity contribution in [2.24, 2.45) is 0 Å². The van der Waals surface area contributed by atoms with Crippen molar-refractivity contribution in [3.05, 3.63) is 95.1 Å². The monoisotopic (exact) mass is 481 g/mol. The van der Waals surface area contributed by atoms with Crippen LogP contribution in [0.1, 0.15) is 53.5 Å². The van der Waals surface area contributed by atoms with Crippen molar-refractivity contribution < 1.29 is 14.3 Å². The molecule has 3 aromatic carbocycles. The van der Waals surface area contributed by atoms with Crippen molar-refractivity contribution >= 4 is 12.0 Å². The number of hydrogen-bond donors (Lipinski definition) is 3. The summed E-state index contributed by atoms with van der Waals surface area (Å²) in [6.07, 6.45) is 3.20. The fraction of sp³-hybridized carbons (Fsp3) is 0.333. The zero-order valence-corrected chi connectivity index (χ0v) is 20.2. The Morgan fingerprint density at radius 1 is 0.861 bits per heavy atom. The van der Waals surface area contributed by atoms with Crippen LogP contribution in [0.3, 0.4) is 0 Å². The molecule has 6 rings (SSSR count).